The van der Waals surface area contributed by atoms with Gasteiger partial charge in [-0.05, 0) is 36.4 Å². The fourth-order valence-electron chi connectivity index (χ4n) is 2.55. The van der Waals surface area contributed by atoms with Crippen molar-refractivity contribution in [2.24, 2.45) is 0 Å². The molecule has 1 heterocycles. The molecule has 0 fully saturated rings. The SMILES string of the molecule is COc1ccc(Cl)cc1NC(=O)/C(C#N)=C/c1coc2c(Cl)cc(Cl)cc2c1=O. The molecule has 0 saturated carbocycles. The van der Waals surface area contributed by atoms with E-state index < -0.39 is 11.3 Å². The quantitative estimate of drug-likeness (QED) is 0.430. The van der Waals surface area contributed by atoms with Gasteiger partial charge in [-0.3, -0.25) is 9.59 Å². The van der Waals surface area contributed by atoms with Crippen LogP contribution >= 0.6 is 34.8 Å². The number of amides is 1. The molecule has 0 aliphatic heterocycles. The van der Waals surface area contributed by atoms with Crippen LogP contribution in [0.15, 0.2) is 51.4 Å². The maximum absolute atomic E-state index is 12.7. The highest BCUT2D eigenvalue weighted by molar-refractivity contribution is 6.38. The molecule has 1 aromatic heterocycles. The summed E-state index contributed by atoms with van der Waals surface area (Å²) < 4.78 is 10.5. The number of carbonyl (C=O) groups excluding carboxylic acids is 1. The molecule has 9 heteroatoms. The van der Waals surface area contributed by atoms with Gasteiger partial charge in [0.15, 0.2) is 11.0 Å². The summed E-state index contributed by atoms with van der Waals surface area (Å²) in [6, 6.07) is 9.24. The van der Waals surface area contributed by atoms with E-state index in [-0.39, 0.29) is 37.8 Å². The number of carbonyl (C=O) groups is 1. The van der Waals surface area contributed by atoms with E-state index in [0.29, 0.717) is 10.8 Å². The zero-order chi connectivity index (χ0) is 21.1. The third-order valence-corrected chi connectivity index (χ3v) is 4.63. The van der Waals surface area contributed by atoms with Crippen molar-refractivity contribution in [2.45, 2.75) is 0 Å². The lowest BCUT2D eigenvalue weighted by atomic mass is 10.1. The van der Waals surface area contributed by atoms with E-state index in [4.69, 9.17) is 44.0 Å². The van der Waals surface area contributed by atoms with Crippen molar-refractivity contribution in [3.8, 4) is 11.8 Å². The van der Waals surface area contributed by atoms with Gasteiger partial charge in [0.05, 0.1) is 28.8 Å². The molecule has 0 bridgehead atoms. The molecule has 0 unspecified atom stereocenters. The Morgan fingerprint density at radius 1 is 1.21 bits per heavy atom. The first-order valence-corrected chi connectivity index (χ1v) is 9.14. The summed E-state index contributed by atoms with van der Waals surface area (Å²) in [4.78, 5) is 25.2. The van der Waals surface area contributed by atoms with Crippen molar-refractivity contribution < 1.29 is 13.9 Å². The van der Waals surface area contributed by atoms with Crippen molar-refractivity contribution in [3.63, 3.8) is 0 Å². The fraction of sp³-hybridized carbons (Fsp3) is 0.0500. The van der Waals surface area contributed by atoms with Crippen LogP contribution in [0.3, 0.4) is 0 Å². The second kappa shape index (κ2) is 8.58. The first-order chi connectivity index (χ1) is 13.8. The third kappa shape index (κ3) is 4.38. The number of halogens is 3. The lowest BCUT2D eigenvalue weighted by molar-refractivity contribution is -0.112. The van der Waals surface area contributed by atoms with E-state index in [0.717, 1.165) is 12.3 Å². The average molecular weight is 450 g/mol. The van der Waals surface area contributed by atoms with Crippen molar-refractivity contribution >= 4 is 63.4 Å². The Kier molecular flexibility index (Phi) is 6.14. The van der Waals surface area contributed by atoms with Crippen LogP contribution in [-0.4, -0.2) is 13.0 Å². The lowest BCUT2D eigenvalue weighted by Crippen LogP contribution is -2.15. The summed E-state index contributed by atoms with van der Waals surface area (Å²) in [5.41, 5.74) is -0.399. The second-order valence-electron chi connectivity index (χ2n) is 5.75. The van der Waals surface area contributed by atoms with E-state index in [9.17, 15) is 14.9 Å². The average Bonchev–Trinajstić information content (AvgIpc) is 2.68. The molecule has 3 aromatic rings. The van der Waals surface area contributed by atoms with Crippen LogP contribution in [-0.2, 0) is 4.79 Å². The first-order valence-electron chi connectivity index (χ1n) is 8.01. The molecule has 0 spiro atoms. The highest BCUT2D eigenvalue weighted by atomic mass is 35.5. The summed E-state index contributed by atoms with van der Waals surface area (Å²) >= 11 is 17.9. The lowest BCUT2D eigenvalue weighted by Gasteiger charge is -2.10. The van der Waals surface area contributed by atoms with Crippen molar-refractivity contribution in [1.82, 2.24) is 0 Å². The largest absolute Gasteiger partial charge is 0.495 e. The molecule has 1 amide bonds. The summed E-state index contributed by atoms with van der Waals surface area (Å²) in [6.45, 7) is 0. The minimum Gasteiger partial charge on any atom is -0.495 e. The van der Waals surface area contributed by atoms with Gasteiger partial charge in [0, 0.05) is 10.0 Å². The molecule has 3 rings (SSSR count). The van der Waals surface area contributed by atoms with Crippen molar-refractivity contribution in [1.29, 1.82) is 5.26 Å². The number of hydrogen-bond acceptors (Lipinski definition) is 5. The first kappa shape index (κ1) is 20.7. The molecule has 0 atom stereocenters. The Hall–Kier alpha value is -2.98. The maximum Gasteiger partial charge on any atom is 0.266 e. The molecule has 0 aliphatic rings. The molecule has 29 heavy (non-hydrogen) atoms. The predicted molar refractivity (Wildman–Crippen MR) is 113 cm³/mol. The van der Waals surface area contributed by atoms with E-state index >= 15 is 0 Å². The van der Waals surface area contributed by atoms with E-state index in [1.54, 1.807) is 18.2 Å². The molecule has 146 valence electrons. The van der Waals surface area contributed by atoms with Crippen LogP contribution in [0.25, 0.3) is 17.0 Å². The van der Waals surface area contributed by atoms with Gasteiger partial charge in [0.1, 0.15) is 23.7 Å². The highest BCUT2D eigenvalue weighted by Crippen LogP contribution is 2.29. The molecule has 1 N–H and O–H groups in total. The highest BCUT2D eigenvalue weighted by Gasteiger charge is 2.16. The van der Waals surface area contributed by atoms with Crippen LogP contribution in [0.4, 0.5) is 5.69 Å². The Morgan fingerprint density at radius 2 is 1.97 bits per heavy atom. The van der Waals surface area contributed by atoms with Gasteiger partial charge in [-0.25, -0.2) is 0 Å². The smallest absolute Gasteiger partial charge is 0.266 e. The standard InChI is InChI=1S/C20H11Cl3N2O4/c1-28-17-3-2-12(21)7-16(17)25-20(27)10(8-24)4-11-9-29-19-14(18(11)26)5-13(22)6-15(19)23/h2-7,9H,1H3,(H,25,27)/b10-4+. The van der Waals surface area contributed by atoms with Gasteiger partial charge in [0.25, 0.3) is 5.91 Å². The molecule has 2 aromatic carbocycles. The minimum absolute atomic E-state index is 0.0133. The number of methoxy groups -OCH3 is 1. The number of rotatable bonds is 4. The normalized spacial score (nSPS) is 11.2. The van der Waals surface area contributed by atoms with Gasteiger partial charge in [-0.2, -0.15) is 5.26 Å². The van der Waals surface area contributed by atoms with Gasteiger partial charge in [-0.15, -0.1) is 0 Å². The zero-order valence-corrected chi connectivity index (χ0v) is 17.0. The maximum atomic E-state index is 12.7. The number of benzene rings is 2. The number of nitriles is 1. The van der Waals surface area contributed by atoms with Crippen molar-refractivity contribution in [2.75, 3.05) is 12.4 Å². The topological polar surface area (TPSA) is 92.3 Å². The molecular weight excluding hydrogens is 439 g/mol. The second-order valence-corrected chi connectivity index (χ2v) is 7.03. The summed E-state index contributed by atoms with van der Waals surface area (Å²) in [5, 5.41) is 12.9. The summed E-state index contributed by atoms with van der Waals surface area (Å²) in [7, 11) is 1.43. The third-order valence-electron chi connectivity index (χ3n) is 3.89. The summed E-state index contributed by atoms with van der Waals surface area (Å²) in [5.74, 6) is -0.397. The van der Waals surface area contributed by atoms with Crippen LogP contribution in [0, 0.1) is 11.3 Å². The zero-order valence-electron chi connectivity index (χ0n) is 14.8. The van der Waals surface area contributed by atoms with E-state index in [1.165, 1.54) is 25.3 Å². The van der Waals surface area contributed by atoms with Crippen LogP contribution in [0.1, 0.15) is 5.56 Å². The Morgan fingerprint density at radius 3 is 2.66 bits per heavy atom. The van der Waals surface area contributed by atoms with Crippen LogP contribution in [0.2, 0.25) is 15.1 Å². The molecule has 0 aliphatic carbocycles. The number of anilines is 1. The minimum atomic E-state index is -0.753. The predicted octanol–water partition coefficient (Wildman–Crippen LogP) is 5.31. The van der Waals surface area contributed by atoms with E-state index in [1.807, 2.05) is 0 Å². The van der Waals surface area contributed by atoms with Gasteiger partial charge in [0.2, 0.25) is 0 Å². The van der Waals surface area contributed by atoms with Gasteiger partial charge < -0.3 is 14.5 Å². The monoisotopic (exact) mass is 448 g/mol. The fourth-order valence-corrected chi connectivity index (χ4v) is 3.26. The van der Waals surface area contributed by atoms with Crippen LogP contribution in [0.5, 0.6) is 5.75 Å². The molecule has 0 radical (unpaired) electrons. The van der Waals surface area contributed by atoms with Gasteiger partial charge in [-0.1, -0.05) is 34.8 Å². The number of nitrogens with zero attached hydrogens (tertiary/aromatic N) is 1. The molecule has 6 nitrogen and oxygen atoms in total. The number of nitrogens with one attached hydrogen (secondary N) is 1. The Labute approximate surface area is 179 Å². The molecule has 0 saturated heterocycles. The number of ether oxygens (including phenoxy) is 1. The Bertz CT molecular complexity index is 1260. The number of hydrogen-bond donors (Lipinski definition) is 1. The van der Waals surface area contributed by atoms with Crippen molar-refractivity contribution in [3.05, 3.63) is 73.0 Å². The summed E-state index contributed by atoms with van der Waals surface area (Å²) in [6.07, 6.45) is 2.24. The van der Waals surface area contributed by atoms with E-state index in [2.05, 4.69) is 5.32 Å². The van der Waals surface area contributed by atoms with Crippen LogP contribution < -0.4 is 15.5 Å². The Balaban J connectivity index is 2.01. The number of fused-ring (bicyclic) bond motifs is 1. The van der Waals surface area contributed by atoms with Gasteiger partial charge >= 0.3 is 0 Å². The molecular formula is C20H11Cl3N2O4.